The molecule has 678 valence electrons. The molecule has 0 radical (unpaired) electrons. The molecule has 0 amide bonds. The monoisotopic (exact) mass is 1890 g/mol. The molecule has 9 atom stereocenters. The lowest BCUT2D eigenvalue weighted by atomic mass is 9.60. The van der Waals surface area contributed by atoms with Gasteiger partial charge in [0.15, 0.2) is 16.6 Å². The molecule has 5 aromatic carbocycles. The maximum absolute atomic E-state index is 14.5. The van der Waals surface area contributed by atoms with Crippen LogP contribution >= 0.6 is 22.9 Å². The molecule has 22 nitrogen and oxygen atoms in total. The van der Waals surface area contributed by atoms with Crippen molar-refractivity contribution in [3.05, 3.63) is 301 Å². The maximum atomic E-state index is 14.5. The molecule has 0 aliphatic heterocycles. The smallest absolute Gasteiger partial charge is 0.291 e. The summed E-state index contributed by atoms with van der Waals surface area (Å²) in [5.41, 5.74) is 5.11. The van der Waals surface area contributed by atoms with Crippen molar-refractivity contribution in [1.29, 1.82) is 5.26 Å². The van der Waals surface area contributed by atoms with Gasteiger partial charge in [-0.2, -0.15) is 33.7 Å². The lowest BCUT2D eigenvalue weighted by Gasteiger charge is -2.47. The van der Waals surface area contributed by atoms with Gasteiger partial charge < -0.3 is 0 Å². The molecule has 6 aliphatic rings. The summed E-state index contributed by atoms with van der Waals surface area (Å²) >= 11 is 6.54. The Kier molecular flexibility index (Phi) is 26.0. The molecule has 3 fully saturated rings. The predicted octanol–water partition coefficient (Wildman–Crippen LogP) is 17.4. The molecule has 3 unspecified atom stereocenters. The van der Waals surface area contributed by atoms with E-state index in [-0.39, 0.29) is 125 Å². The first-order valence-electron chi connectivity index (χ1n) is 41.4. The Morgan fingerprint density at radius 2 is 0.878 bits per heavy atom. The fraction of sp³-hybridized carbons (Fsp3) is 0.280. The first-order chi connectivity index (χ1) is 62.6. The van der Waals surface area contributed by atoms with Crippen molar-refractivity contribution in [3.63, 3.8) is 0 Å². The zero-order valence-corrected chi connectivity index (χ0v) is 74.0. The van der Waals surface area contributed by atoms with Crippen molar-refractivity contribution < 1.29 is 75.3 Å². The van der Waals surface area contributed by atoms with E-state index in [2.05, 4.69) is 64.0 Å². The Labute approximate surface area is 755 Å². The minimum Gasteiger partial charge on any atom is -0.291 e. The summed E-state index contributed by atoms with van der Waals surface area (Å²) in [6, 6.07) is 33.8. The number of aryl methyl sites for hydroxylation is 1. The number of carbonyl (C=O) groups is 3. The number of hydrogen-bond donors (Lipinski definition) is 0. The number of nitrogens with zero attached hydrogens (tertiary/aromatic N) is 16. The van der Waals surface area contributed by atoms with E-state index in [9.17, 15) is 80.6 Å². The third kappa shape index (κ3) is 18.1. The first kappa shape index (κ1) is 92.3. The summed E-state index contributed by atoms with van der Waals surface area (Å²) in [4.78, 5) is 59.3. The molecule has 7 heterocycles. The quantitative estimate of drug-likeness (QED) is 0.0309. The van der Waals surface area contributed by atoms with Crippen LogP contribution in [0.2, 0.25) is 5.02 Å². The van der Waals surface area contributed by atoms with E-state index in [4.69, 9.17) is 11.6 Å². The zero-order chi connectivity index (χ0) is 92.9. The molecule has 0 saturated heterocycles. The largest absolute Gasteiger partial charge is 0.427 e. The Balaban J connectivity index is 0.000000144. The Morgan fingerprint density at radius 1 is 0.504 bits per heavy atom. The van der Waals surface area contributed by atoms with Gasteiger partial charge in [0, 0.05) is 84.5 Å². The minimum absolute atomic E-state index is 0.00942. The second-order valence-corrected chi connectivity index (χ2v) is 40.8. The van der Waals surface area contributed by atoms with Crippen LogP contribution in [-0.4, -0.2) is 171 Å². The highest BCUT2D eigenvalue weighted by molar-refractivity contribution is 7.98. The Hall–Kier alpha value is -12.0. The first-order valence-corrected chi connectivity index (χ1v) is 47.6. The minimum atomic E-state index is -4.67. The summed E-state index contributed by atoms with van der Waals surface area (Å²) < 4.78 is 205. The van der Waals surface area contributed by atoms with Crippen molar-refractivity contribution >= 4 is 105 Å². The lowest BCUT2D eigenvalue weighted by molar-refractivity contribution is -0.134. The van der Waals surface area contributed by atoms with E-state index < -0.39 is 123 Å². The third-order valence-electron chi connectivity index (χ3n) is 25.0. The highest BCUT2D eigenvalue weighted by Gasteiger charge is 2.56. The van der Waals surface area contributed by atoms with Crippen LogP contribution in [0.15, 0.2) is 221 Å². The van der Waals surface area contributed by atoms with E-state index in [1.807, 2.05) is 18.2 Å². The van der Waals surface area contributed by atoms with Crippen LogP contribution in [0.4, 0.5) is 48.3 Å². The van der Waals surface area contributed by atoms with E-state index in [1.54, 1.807) is 86.5 Å². The fourth-order valence-corrected chi connectivity index (χ4v) is 25.2. The van der Waals surface area contributed by atoms with Gasteiger partial charge in [0.05, 0.1) is 110 Å². The van der Waals surface area contributed by atoms with Gasteiger partial charge in [-0.25, -0.2) is 84.7 Å². The fourth-order valence-electron chi connectivity index (χ4n) is 18.8. The molecular weight excluding hydrogens is 1810 g/mol. The molecule has 18 rings (SSSR count). The van der Waals surface area contributed by atoms with Gasteiger partial charge >= 0.3 is 6.18 Å². The second-order valence-electron chi connectivity index (χ2n) is 32.8. The molecule has 0 bridgehead atoms. The van der Waals surface area contributed by atoms with Crippen molar-refractivity contribution in [2.24, 2.45) is 23.3 Å². The zero-order valence-electron chi connectivity index (χ0n) is 70.0. The number of ketones is 3. The number of benzene rings is 5. The van der Waals surface area contributed by atoms with Gasteiger partial charge in [0.1, 0.15) is 70.8 Å². The van der Waals surface area contributed by atoms with Crippen LogP contribution in [0, 0.1) is 62.5 Å². The van der Waals surface area contributed by atoms with Crippen molar-refractivity contribution in [1.82, 2.24) is 72.0 Å². The van der Waals surface area contributed by atoms with Gasteiger partial charge in [-0.3, -0.25) is 29.0 Å². The number of carbonyl (C=O) groups excluding carboxylic acids is 3. The van der Waals surface area contributed by atoms with Crippen LogP contribution in [0.5, 0.6) is 0 Å². The van der Waals surface area contributed by atoms with E-state index >= 15 is 0 Å². The van der Waals surface area contributed by atoms with Crippen LogP contribution in [-0.2, 0) is 61.6 Å². The number of nitriles is 1. The molecule has 0 spiro atoms. The van der Waals surface area contributed by atoms with Gasteiger partial charge in [-0.05, 0) is 269 Å². The molecular formula is C93H82ClF11N16O6S4. The third-order valence-corrected chi connectivity index (χ3v) is 32.7. The topological polar surface area (TPSA) is 259 Å². The van der Waals surface area contributed by atoms with Crippen molar-refractivity contribution in [2.45, 2.75) is 123 Å². The molecule has 131 heavy (non-hydrogen) atoms. The second kappa shape index (κ2) is 37.0. The lowest BCUT2D eigenvalue weighted by Crippen LogP contribution is -2.51. The number of Topliss-reactive ketones (excluding diaryl/α,β-unsaturated/α-hetero) is 3. The van der Waals surface area contributed by atoms with Crippen molar-refractivity contribution in [3.8, 4) is 23.1 Å². The van der Waals surface area contributed by atoms with Crippen LogP contribution in [0.1, 0.15) is 134 Å². The summed E-state index contributed by atoms with van der Waals surface area (Å²) in [5.74, 6) is 7.90. The molecule has 3 saturated carbocycles. The average molecular weight is 1890 g/mol. The highest BCUT2D eigenvalue weighted by atomic mass is 35.5. The molecule has 7 aromatic heterocycles. The highest BCUT2D eigenvalue weighted by Crippen LogP contribution is 2.56. The number of allylic oxidation sites excluding steroid dienone is 3. The number of alkyl halides is 5. The van der Waals surface area contributed by atoms with E-state index in [0.717, 1.165) is 45.8 Å². The molecule has 38 heteroatoms. The number of aromatic nitrogens is 12. The molecule has 12 aromatic rings. The number of halogens is 12. The number of pyridine rings is 2. The van der Waals surface area contributed by atoms with Crippen LogP contribution in [0.25, 0.3) is 35.3 Å². The van der Waals surface area contributed by atoms with Gasteiger partial charge in [-0.1, -0.05) is 28.3 Å². The average Bonchev–Trinajstić information content (AvgIpc) is 1.70. The summed E-state index contributed by atoms with van der Waals surface area (Å²) in [6.45, 7) is -1.92. The Bertz CT molecular complexity index is 6630. The van der Waals surface area contributed by atoms with Gasteiger partial charge in [0.2, 0.25) is 10.9 Å². The number of fused-ring (bicyclic) bond motifs is 6. The summed E-state index contributed by atoms with van der Waals surface area (Å²) in [6.07, 6.45) is 14.2. The number of rotatable bonds is 24. The van der Waals surface area contributed by atoms with E-state index in [0.29, 0.717) is 83.6 Å². The SMILES string of the molecule is C=S(=O)(c1ccc(F)cc1)N(CCF)[C@H]1CCC2=Cc3c(cnn3-c3ccc(F)cc3)C[C@]2(C(=O)c2cc(Cl)ccn2)C1.C=S(=O)(c1ccc(F)cc1)N(CCF)[C@H]1CCC2=Cc3c(cnn3-c3ccc(F)cc3)C[C@]2(C(=O)c2cc(F)ccn2)C1.C=S(=O)(c1ncn(C)n1)N(CCC#N)[C@H]1CCC2=Cc3c(cnn3-c3ccc(F)cc3)C[C@]2(C(=O)c2ncc(C(F)(F)F)s2)C1. The van der Waals surface area contributed by atoms with E-state index in [1.165, 1.54) is 123 Å². The molecule has 6 aliphatic carbocycles. The molecule has 0 N–H and O–H groups in total. The maximum Gasteiger partial charge on any atom is 0.427 e. The normalized spacial score (nSPS) is 21.0. The van der Waals surface area contributed by atoms with Crippen molar-refractivity contribution in [2.75, 3.05) is 33.0 Å². The predicted molar refractivity (Wildman–Crippen MR) is 476 cm³/mol. The standard InChI is InChI=1S/C32H28ClF3N4O2S.C32H28F4N4O2S.C29H26F4N8O2S2/c1-43(42,28-10-5-25(36)6-11-28)39(15-13-34)27-7-2-22-16-30-21(20-38-40(30)26-8-3-24(35)4-9-26)18-32(22,19-27)31(41)29-17-23(33)12-14-37-29;1-43(42,28-10-5-24(35)6-11-28)39(15-13-33)27-7-2-22-16-30-21(20-38-40(30)26-8-3-23(34)4-9-26)18-32(22,19-27)31(41)29-17-25(36)12-14-37-29;1-39-17-36-27(38-39)45(2,43)40(11-3-10-34)22-7-4-19-12-23-18(15-37-41(23)21-8-5-20(30)6-9-21)13-28(19,14-22)25(42)26-35-16-24(44-26)29(31,32)33/h2*3-6,8-12,14,16-17,20,27H,1-2,7,13,15,18-19H2;5-6,8-9,12,15-17,22H,2-4,7,11,13-14H2,1H3/t2*27-,32-,43?;22-,28-,45?/m000/s1. The van der Waals surface area contributed by atoms with Crippen LogP contribution < -0.4 is 0 Å². The summed E-state index contributed by atoms with van der Waals surface area (Å²) in [5, 5.41) is 27.2. The van der Waals surface area contributed by atoms with Gasteiger partial charge in [0.25, 0.3) is 0 Å². The number of hydrogen-bond acceptors (Lipinski definition) is 16. The Morgan fingerprint density at radius 3 is 1.23 bits per heavy atom. The summed E-state index contributed by atoms with van der Waals surface area (Å²) in [7, 11) is -8.19. The van der Waals surface area contributed by atoms with Crippen LogP contribution in [0.3, 0.4) is 0 Å². The number of thiazole rings is 1. The van der Waals surface area contributed by atoms with Gasteiger partial charge in [-0.15, -0.1) is 16.4 Å².